The molecule has 0 amide bonds. The van der Waals surface area contributed by atoms with Gasteiger partial charge >= 0.3 is 0 Å². The number of fused-ring (bicyclic) bond motifs is 4. The first-order valence-electron chi connectivity index (χ1n) is 43.5. The maximum absolute atomic E-state index is 10.0. The summed E-state index contributed by atoms with van der Waals surface area (Å²) in [5, 5.41) is 38.8. The summed E-state index contributed by atoms with van der Waals surface area (Å²) in [5.41, 5.74) is 28.6. The van der Waals surface area contributed by atoms with Gasteiger partial charge in [0.2, 0.25) is 0 Å². The van der Waals surface area contributed by atoms with Crippen molar-refractivity contribution in [2.45, 2.75) is 250 Å². The average Bonchev–Trinajstić information content (AvgIpc) is 1.53. The van der Waals surface area contributed by atoms with Crippen LogP contribution in [-0.2, 0) is 99.6 Å². The van der Waals surface area contributed by atoms with Crippen LogP contribution in [0.2, 0.25) is 0 Å². The molecule has 12 aromatic rings. The molecule has 0 aliphatic heterocycles. The molecule has 16 heteroatoms. The Kier molecular flexibility index (Phi) is 45.7. The number of nitrogens with zero attached hydrogens (tertiary/aromatic N) is 4. The van der Waals surface area contributed by atoms with Crippen LogP contribution >= 0.6 is 0 Å². The summed E-state index contributed by atoms with van der Waals surface area (Å²) in [6, 6.07) is 75.2. The van der Waals surface area contributed by atoms with Crippen LogP contribution in [0.15, 0.2) is 217 Å². The van der Waals surface area contributed by atoms with Crippen LogP contribution < -0.4 is 0 Å². The molecule has 0 bridgehead atoms. The molecule has 126 heavy (non-hydrogen) atoms. The van der Waals surface area contributed by atoms with Crippen molar-refractivity contribution in [3.63, 3.8) is 0 Å². The van der Waals surface area contributed by atoms with Crippen molar-refractivity contribution in [3.8, 4) is 45.0 Å². The molecule has 4 radical (unpaired) electrons. The van der Waals surface area contributed by atoms with Crippen molar-refractivity contribution in [1.29, 1.82) is 0 Å². The summed E-state index contributed by atoms with van der Waals surface area (Å²) in [6.45, 7) is 28.3. The van der Waals surface area contributed by atoms with Crippen LogP contribution in [0.3, 0.4) is 0 Å². The fourth-order valence-electron chi connectivity index (χ4n) is 17.0. The molecule has 4 saturated carbocycles. The average molecular weight is 2400 g/mol. The fraction of sp³-hybridized carbons (Fsp3) is 0.345. The first-order valence-corrected chi connectivity index (χ1v) is 43.5. The van der Waals surface area contributed by atoms with Crippen molar-refractivity contribution in [2.75, 3.05) is 0 Å². The molecule has 8 aromatic carbocycles. The molecular weight excluding hydrogens is 2270 g/mol. The number of carbonyl (C=O) groups excluding carboxylic acids is 4. The Morgan fingerprint density at radius 2 is 0.460 bits per heavy atom. The Labute approximate surface area is 803 Å². The minimum atomic E-state index is -0.125. The van der Waals surface area contributed by atoms with E-state index >= 15 is 0 Å². The van der Waals surface area contributed by atoms with E-state index in [0.717, 1.165) is 78.9 Å². The van der Waals surface area contributed by atoms with Gasteiger partial charge in [0, 0.05) is 126 Å². The van der Waals surface area contributed by atoms with Gasteiger partial charge in [-0.05, 0) is 200 Å². The van der Waals surface area contributed by atoms with E-state index in [4.69, 9.17) is 40.4 Å². The third kappa shape index (κ3) is 34.1. The van der Waals surface area contributed by atoms with Gasteiger partial charge in [0.25, 0.3) is 0 Å². The number of pyridine rings is 4. The second-order valence-corrected chi connectivity index (χ2v) is 33.7. The normalized spacial score (nSPS) is 14.2. The molecule has 0 spiro atoms. The Bertz CT molecular complexity index is 5560. The number of aromatic nitrogens is 4. The molecule has 4 aromatic heterocycles. The first-order chi connectivity index (χ1) is 58.3. The predicted molar refractivity (Wildman–Crippen MR) is 504 cm³/mol. The third-order valence-electron chi connectivity index (χ3n) is 22.1. The van der Waals surface area contributed by atoms with Crippen molar-refractivity contribution >= 4 is 66.7 Å². The summed E-state index contributed by atoms with van der Waals surface area (Å²) in [5.74, 6) is 2.62. The second-order valence-electron chi connectivity index (χ2n) is 33.7. The van der Waals surface area contributed by atoms with Gasteiger partial charge in [0.05, 0.1) is 45.1 Å². The van der Waals surface area contributed by atoms with Crippen molar-refractivity contribution in [1.82, 2.24) is 19.9 Å². The van der Waals surface area contributed by atoms with Gasteiger partial charge < -0.3 is 20.4 Å². The van der Waals surface area contributed by atoms with Gasteiger partial charge in [-0.2, -0.15) is 0 Å². The minimum Gasteiger partial charge on any atom is -0.512 e. The number of hydrogen-bond acceptors (Lipinski definition) is 12. The van der Waals surface area contributed by atoms with Gasteiger partial charge in [-0.15, -0.1) is 140 Å². The number of rotatable bonds is 12. The Morgan fingerprint density at radius 3 is 0.627 bits per heavy atom. The van der Waals surface area contributed by atoms with Gasteiger partial charge in [-0.25, -0.2) is 0 Å². The van der Waals surface area contributed by atoms with Crippen molar-refractivity contribution < 1.29 is 120 Å². The van der Waals surface area contributed by atoms with E-state index in [0.29, 0.717) is 11.8 Å². The summed E-state index contributed by atoms with van der Waals surface area (Å²) in [6.07, 6.45) is 29.0. The topological polar surface area (TPSA) is 201 Å². The molecule has 4 heterocycles. The summed E-state index contributed by atoms with van der Waals surface area (Å²) in [7, 11) is 0. The van der Waals surface area contributed by atoms with E-state index in [2.05, 4.69) is 250 Å². The van der Waals surface area contributed by atoms with Gasteiger partial charge in [-0.3, -0.25) is 39.1 Å². The van der Waals surface area contributed by atoms with E-state index < -0.39 is 0 Å². The van der Waals surface area contributed by atoms with Crippen LogP contribution in [0.4, 0.5) is 0 Å². The van der Waals surface area contributed by atoms with E-state index in [9.17, 15) is 19.2 Å². The van der Waals surface area contributed by atoms with Crippen molar-refractivity contribution in [3.05, 3.63) is 308 Å². The number of aryl methyl sites for hydroxylation is 8. The molecule has 0 saturated heterocycles. The maximum Gasteiger partial charge on any atom is 0.155 e. The molecule has 4 N–H and O–H groups in total. The van der Waals surface area contributed by atoms with E-state index in [1.165, 1.54) is 284 Å². The molecule has 12 nitrogen and oxygen atoms in total. The molecule has 0 unspecified atom stereocenters. The van der Waals surface area contributed by atoms with Gasteiger partial charge in [-0.1, -0.05) is 217 Å². The van der Waals surface area contributed by atoms with Crippen LogP contribution in [0.5, 0.6) is 0 Å². The smallest absolute Gasteiger partial charge is 0.155 e. The molecular formula is C110H124Ir4N4O8-4. The Balaban J connectivity index is 0.000000268. The molecule has 4 fully saturated rings. The molecule has 672 valence electrons. The zero-order valence-corrected chi connectivity index (χ0v) is 85.6. The third-order valence-corrected chi connectivity index (χ3v) is 22.1. The Hall–Kier alpha value is -9.16. The quantitative estimate of drug-likeness (QED) is 0.0391. The number of aliphatic hydroxyl groups excluding tert-OH is 4. The van der Waals surface area contributed by atoms with Gasteiger partial charge in [0.1, 0.15) is 0 Å². The molecule has 4 aliphatic rings. The molecule has 16 rings (SSSR count). The zero-order valence-electron chi connectivity index (χ0n) is 76.1. The maximum atomic E-state index is 10.0. The summed E-state index contributed by atoms with van der Waals surface area (Å²) < 4.78 is 0. The number of carbonyl (C=O) groups is 4. The number of ketones is 4. The Morgan fingerprint density at radius 1 is 0.270 bits per heavy atom. The zero-order chi connectivity index (χ0) is 88.1. The molecule has 4 aliphatic carbocycles. The summed E-state index contributed by atoms with van der Waals surface area (Å²) in [4.78, 5) is 59.8. The molecule has 0 atom stereocenters. The number of hydrogen-bond donors (Lipinski definition) is 4. The summed E-state index contributed by atoms with van der Waals surface area (Å²) >= 11 is 0. The minimum absolute atomic E-state index is 0. The van der Waals surface area contributed by atoms with Gasteiger partial charge in [0.15, 0.2) is 23.1 Å². The first kappa shape index (κ1) is 107. The number of aliphatic hydroxyl groups is 4. The van der Waals surface area contributed by atoms with Crippen LogP contribution in [0.1, 0.15) is 261 Å². The largest absolute Gasteiger partial charge is 0.512 e. The van der Waals surface area contributed by atoms with Crippen LogP contribution in [-0.4, -0.2) is 63.5 Å². The van der Waals surface area contributed by atoms with Crippen molar-refractivity contribution in [2.24, 2.45) is 0 Å². The number of allylic oxidation sites excluding steroid dienone is 8. The van der Waals surface area contributed by atoms with E-state index in [-0.39, 0.29) is 127 Å². The predicted octanol–water partition coefficient (Wildman–Crippen LogP) is 28.8. The fourth-order valence-corrected chi connectivity index (χ4v) is 17.0. The number of benzene rings is 8. The second kappa shape index (κ2) is 53.6. The van der Waals surface area contributed by atoms with Crippen LogP contribution in [0.25, 0.3) is 88.6 Å². The van der Waals surface area contributed by atoms with Crippen LogP contribution in [0, 0.1) is 79.7 Å². The standard InChI is InChI=1S/C24H26N.C23H24N.C22H22N.C21H20N.4C5H8O2.4Ir/c1-17-14-18(2)16-20(15-17)23-13-12-22-21(10-7-11-24(22)25-23)19-8-5-3-4-6-9-19;1-16-13-17(2)15-19(14-16)22-12-11-21-20(9-6-10-23(21)24-22)18-7-4-3-5-8-18;1-15-12-16(2)14-18(13-15)21-11-10-20-19(17-6-3-4-7-17)8-5-9-22(20)23-21;1-14-11-15(2)13-17(12-14)20-10-9-19-18(16-5-3-6-16)7-4-8-21(19)22-20;4*1-4(6)3-5(2)7;;;;/h7,10-15,19H,3-6,8-9H2,1-2H3;6,9-14,18H,3-5,7-8H2,1-2H3;5,8-13,17H,3-4,6-7H2,1-2H3;4,7-12,16H,3,5-6H2,1-2H3;4*3,6H,1-2H3;;;;/q4*-1;;;;;;;;. The monoisotopic (exact) mass is 2400 g/mol. The van der Waals surface area contributed by atoms with E-state index in [1.54, 1.807) is 0 Å². The SMILES string of the molecule is CC(=O)C=C(C)O.CC(=O)C=C(C)O.CC(=O)C=C(C)O.CC(=O)C=C(C)O.Cc1[c-]c(-c2ccc3c(C4CCC4)cccc3n2)cc(C)c1.Cc1[c-]c(-c2ccc3c(C4CCCC4)cccc3n2)cc(C)c1.Cc1[c-]c(-c2ccc3c(C4CCCCC4)cccc3n2)cc(C)c1.Cc1[c-]c(-c2ccc3c(C4CCCCCC4)cccc3n2)cc(C)c1.[Ir].[Ir].[Ir].[Ir]. The van der Waals surface area contributed by atoms with E-state index in [1.807, 2.05) is 0 Å².